The SMILES string of the molecule is CC(C)CO[C@H](C)C(=O)N[C@H](C)c1ccccc1. The van der Waals surface area contributed by atoms with Crippen LogP contribution in [0.2, 0.25) is 0 Å². The average molecular weight is 249 g/mol. The summed E-state index contributed by atoms with van der Waals surface area (Å²) < 4.78 is 5.49. The third-order valence-electron chi connectivity index (χ3n) is 2.71. The van der Waals surface area contributed by atoms with Crippen molar-refractivity contribution in [1.29, 1.82) is 0 Å². The Kier molecular flexibility index (Phi) is 5.86. The van der Waals surface area contributed by atoms with E-state index >= 15 is 0 Å². The number of carbonyl (C=O) groups excluding carboxylic acids is 1. The second kappa shape index (κ2) is 7.17. The molecule has 100 valence electrons. The molecule has 1 aromatic rings. The summed E-state index contributed by atoms with van der Waals surface area (Å²) in [5, 5.41) is 2.96. The van der Waals surface area contributed by atoms with Crippen LogP contribution in [0, 0.1) is 5.92 Å². The van der Waals surface area contributed by atoms with Crippen molar-refractivity contribution in [2.45, 2.75) is 39.8 Å². The van der Waals surface area contributed by atoms with Gasteiger partial charge in [0.2, 0.25) is 5.91 Å². The zero-order valence-corrected chi connectivity index (χ0v) is 11.6. The number of hydrogen-bond donors (Lipinski definition) is 1. The van der Waals surface area contributed by atoms with E-state index in [1.165, 1.54) is 0 Å². The van der Waals surface area contributed by atoms with Crippen molar-refractivity contribution < 1.29 is 9.53 Å². The summed E-state index contributed by atoms with van der Waals surface area (Å²) >= 11 is 0. The maximum Gasteiger partial charge on any atom is 0.249 e. The van der Waals surface area contributed by atoms with E-state index in [1.807, 2.05) is 37.3 Å². The largest absolute Gasteiger partial charge is 0.368 e. The molecule has 0 unspecified atom stereocenters. The maximum atomic E-state index is 11.9. The van der Waals surface area contributed by atoms with Gasteiger partial charge in [-0.05, 0) is 25.3 Å². The molecule has 18 heavy (non-hydrogen) atoms. The van der Waals surface area contributed by atoms with Gasteiger partial charge in [0.25, 0.3) is 0 Å². The summed E-state index contributed by atoms with van der Waals surface area (Å²) in [6.45, 7) is 8.50. The molecular weight excluding hydrogens is 226 g/mol. The van der Waals surface area contributed by atoms with E-state index in [2.05, 4.69) is 19.2 Å². The fourth-order valence-electron chi connectivity index (χ4n) is 1.57. The van der Waals surface area contributed by atoms with E-state index < -0.39 is 6.10 Å². The van der Waals surface area contributed by atoms with Crippen LogP contribution in [-0.2, 0) is 9.53 Å². The molecule has 2 atom stereocenters. The summed E-state index contributed by atoms with van der Waals surface area (Å²) in [5.74, 6) is 0.374. The topological polar surface area (TPSA) is 38.3 Å². The molecule has 0 aromatic heterocycles. The van der Waals surface area contributed by atoms with Gasteiger partial charge in [0.1, 0.15) is 6.10 Å². The van der Waals surface area contributed by atoms with Gasteiger partial charge in [0.05, 0.1) is 6.04 Å². The highest BCUT2D eigenvalue weighted by Gasteiger charge is 2.16. The Hall–Kier alpha value is -1.35. The van der Waals surface area contributed by atoms with Crippen molar-refractivity contribution in [3.05, 3.63) is 35.9 Å². The van der Waals surface area contributed by atoms with Crippen LogP contribution in [0.25, 0.3) is 0 Å². The molecule has 0 saturated carbocycles. The van der Waals surface area contributed by atoms with Crippen molar-refractivity contribution in [3.8, 4) is 0 Å². The zero-order valence-electron chi connectivity index (χ0n) is 11.6. The highest BCUT2D eigenvalue weighted by molar-refractivity contribution is 5.80. The van der Waals surface area contributed by atoms with Crippen LogP contribution in [0.4, 0.5) is 0 Å². The fourth-order valence-corrected chi connectivity index (χ4v) is 1.57. The van der Waals surface area contributed by atoms with Gasteiger partial charge in [-0.2, -0.15) is 0 Å². The van der Waals surface area contributed by atoms with Crippen LogP contribution >= 0.6 is 0 Å². The maximum absolute atomic E-state index is 11.9. The van der Waals surface area contributed by atoms with Gasteiger partial charge >= 0.3 is 0 Å². The third-order valence-corrected chi connectivity index (χ3v) is 2.71. The van der Waals surface area contributed by atoms with Crippen molar-refractivity contribution in [2.24, 2.45) is 5.92 Å². The number of carbonyl (C=O) groups is 1. The monoisotopic (exact) mass is 249 g/mol. The minimum atomic E-state index is -0.404. The lowest BCUT2D eigenvalue weighted by Crippen LogP contribution is -2.36. The number of benzene rings is 1. The lowest BCUT2D eigenvalue weighted by atomic mass is 10.1. The molecule has 0 fully saturated rings. The number of ether oxygens (including phenoxy) is 1. The highest BCUT2D eigenvalue weighted by atomic mass is 16.5. The number of amides is 1. The number of nitrogens with one attached hydrogen (secondary N) is 1. The molecule has 0 heterocycles. The van der Waals surface area contributed by atoms with Gasteiger partial charge in [-0.1, -0.05) is 44.2 Å². The Morgan fingerprint density at radius 2 is 1.78 bits per heavy atom. The van der Waals surface area contributed by atoms with Gasteiger partial charge in [0.15, 0.2) is 0 Å². The molecule has 1 aromatic carbocycles. The molecule has 1 amide bonds. The van der Waals surface area contributed by atoms with Crippen LogP contribution in [0.1, 0.15) is 39.3 Å². The Morgan fingerprint density at radius 3 is 2.33 bits per heavy atom. The summed E-state index contributed by atoms with van der Waals surface area (Å²) in [6, 6.07) is 9.92. The second-order valence-corrected chi connectivity index (χ2v) is 5.01. The van der Waals surface area contributed by atoms with Crippen molar-refractivity contribution in [1.82, 2.24) is 5.32 Å². The molecule has 1 N–H and O–H groups in total. The van der Waals surface area contributed by atoms with E-state index in [0.29, 0.717) is 12.5 Å². The Labute approximate surface area is 110 Å². The first-order chi connectivity index (χ1) is 8.50. The smallest absolute Gasteiger partial charge is 0.249 e. The summed E-state index contributed by atoms with van der Waals surface area (Å²) in [5.41, 5.74) is 1.10. The second-order valence-electron chi connectivity index (χ2n) is 5.01. The van der Waals surface area contributed by atoms with Crippen molar-refractivity contribution >= 4 is 5.91 Å². The summed E-state index contributed by atoms with van der Waals surface area (Å²) in [4.78, 5) is 11.9. The van der Waals surface area contributed by atoms with Crippen molar-refractivity contribution in [3.63, 3.8) is 0 Å². The molecule has 1 rings (SSSR count). The van der Waals surface area contributed by atoms with E-state index in [0.717, 1.165) is 5.56 Å². The van der Waals surface area contributed by atoms with Gasteiger partial charge in [0, 0.05) is 6.61 Å². The quantitative estimate of drug-likeness (QED) is 0.841. The molecule has 3 nitrogen and oxygen atoms in total. The minimum Gasteiger partial charge on any atom is -0.368 e. The Bertz CT molecular complexity index is 362. The van der Waals surface area contributed by atoms with Crippen LogP contribution in [0.3, 0.4) is 0 Å². The van der Waals surface area contributed by atoms with Gasteiger partial charge in [-0.15, -0.1) is 0 Å². The summed E-state index contributed by atoms with van der Waals surface area (Å²) in [7, 11) is 0. The Morgan fingerprint density at radius 1 is 1.17 bits per heavy atom. The van der Waals surface area contributed by atoms with E-state index in [1.54, 1.807) is 6.92 Å². The van der Waals surface area contributed by atoms with Gasteiger partial charge in [-0.3, -0.25) is 4.79 Å². The Balaban J connectivity index is 2.44. The van der Waals surface area contributed by atoms with Crippen LogP contribution in [-0.4, -0.2) is 18.6 Å². The fraction of sp³-hybridized carbons (Fsp3) is 0.533. The molecule has 0 aliphatic heterocycles. The minimum absolute atomic E-state index is 0.00352. The molecule has 0 saturated heterocycles. The predicted molar refractivity (Wildman–Crippen MR) is 73.3 cm³/mol. The van der Waals surface area contributed by atoms with Gasteiger partial charge < -0.3 is 10.1 Å². The molecule has 0 radical (unpaired) electrons. The third kappa shape index (κ3) is 4.88. The number of hydrogen-bond acceptors (Lipinski definition) is 2. The van der Waals surface area contributed by atoms with Crippen LogP contribution < -0.4 is 5.32 Å². The van der Waals surface area contributed by atoms with Gasteiger partial charge in [-0.25, -0.2) is 0 Å². The molecular formula is C15H23NO2. The standard InChI is InChI=1S/C15H23NO2/c1-11(2)10-18-13(4)15(17)16-12(3)14-8-6-5-7-9-14/h5-9,11-13H,10H2,1-4H3,(H,16,17)/t12-,13-/m1/s1. The van der Waals surface area contributed by atoms with Crippen molar-refractivity contribution in [2.75, 3.05) is 6.61 Å². The first kappa shape index (κ1) is 14.7. The summed E-state index contributed by atoms with van der Waals surface area (Å²) in [6.07, 6.45) is -0.404. The first-order valence-electron chi connectivity index (χ1n) is 6.47. The lowest BCUT2D eigenvalue weighted by Gasteiger charge is -2.19. The lowest BCUT2D eigenvalue weighted by molar-refractivity contribution is -0.133. The average Bonchev–Trinajstić information content (AvgIpc) is 2.36. The molecule has 0 bridgehead atoms. The molecule has 0 aliphatic carbocycles. The number of rotatable bonds is 6. The highest BCUT2D eigenvalue weighted by Crippen LogP contribution is 2.11. The normalized spacial score (nSPS) is 14.3. The molecule has 3 heteroatoms. The van der Waals surface area contributed by atoms with E-state index in [9.17, 15) is 4.79 Å². The molecule has 0 aliphatic rings. The molecule has 0 spiro atoms. The first-order valence-corrected chi connectivity index (χ1v) is 6.47. The van der Waals surface area contributed by atoms with Crippen LogP contribution in [0.15, 0.2) is 30.3 Å². The van der Waals surface area contributed by atoms with Crippen LogP contribution in [0.5, 0.6) is 0 Å². The van der Waals surface area contributed by atoms with E-state index in [4.69, 9.17) is 4.74 Å². The van der Waals surface area contributed by atoms with E-state index in [-0.39, 0.29) is 11.9 Å². The predicted octanol–water partition coefficient (Wildman–Crippen LogP) is 2.92. The zero-order chi connectivity index (χ0) is 13.5.